The van der Waals surface area contributed by atoms with Gasteiger partial charge in [0.05, 0.1) is 11.0 Å². The first-order chi connectivity index (χ1) is 10.7. The molecule has 1 aliphatic heterocycles. The van der Waals surface area contributed by atoms with E-state index in [9.17, 15) is 10.1 Å². The highest BCUT2D eigenvalue weighted by atomic mass is 16.6. The normalized spacial score (nSPS) is 17.2. The second-order valence-electron chi connectivity index (χ2n) is 4.69. The molecule has 2 heterocycles. The van der Waals surface area contributed by atoms with Crippen LogP contribution in [0.3, 0.4) is 0 Å². The summed E-state index contributed by atoms with van der Waals surface area (Å²) < 4.78 is 0. The van der Waals surface area contributed by atoms with E-state index in [4.69, 9.17) is 0 Å². The molecule has 0 saturated carbocycles. The molecule has 8 heteroatoms. The molecule has 0 amide bonds. The van der Waals surface area contributed by atoms with Crippen LogP contribution >= 0.6 is 0 Å². The maximum atomic E-state index is 11.0. The Balaban J connectivity index is 2.07. The predicted octanol–water partition coefficient (Wildman–Crippen LogP) is 1.73. The van der Waals surface area contributed by atoms with E-state index in [1.807, 2.05) is 18.0 Å². The first kappa shape index (κ1) is 13.8. The third-order valence-corrected chi connectivity index (χ3v) is 3.30. The van der Waals surface area contributed by atoms with Gasteiger partial charge in [-0.15, -0.1) is 0 Å². The fourth-order valence-electron chi connectivity index (χ4n) is 2.32. The van der Waals surface area contributed by atoms with Crippen LogP contribution in [-0.2, 0) is 0 Å². The molecule has 22 heavy (non-hydrogen) atoms. The number of rotatable bonds is 3. The summed E-state index contributed by atoms with van der Waals surface area (Å²) in [7, 11) is 1.87. The Labute approximate surface area is 126 Å². The van der Waals surface area contributed by atoms with Gasteiger partial charge in [0.25, 0.3) is 5.69 Å². The monoisotopic (exact) mass is 296 g/mol. The lowest BCUT2D eigenvalue weighted by Gasteiger charge is -2.29. The summed E-state index contributed by atoms with van der Waals surface area (Å²) in [4.78, 5) is 28.9. The number of hydrogen-bond acceptors (Lipinski definition) is 7. The number of nitrogens with zero attached hydrogens (tertiary/aromatic N) is 6. The molecule has 0 saturated heterocycles. The van der Waals surface area contributed by atoms with Gasteiger partial charge in [0.2, 0.25) is 0 Å². The molecule has 2 aromatic rings. The van der Waals surface area contributed by atoms with Crippen LogP contribution in [0.15, 0.2) is 54.3 Å². The number of non-ortho nitro benzene ring substituents is 1. The molecule has 1 unspecified atom stereocenters. The number of nitro groups is 1. The quantitative estimate of drug-likeness (QED) is 0.632. The van der Waals surface area contributed by atoms with Gasteiger partial charge in [0, 0.05) is 31.6 Å². The van der Waals surface area contributed by atoms with Gasteiger partial charge in [0.1, 0.15) is 18.4 Å². The van der Waals surface area contributed by atoms with E-state index in [-0.39, 0.29) is 11.7 Å². The van der Waals surface area contributed by atoms with E-state index in [0.717, 1.165) is 5.56 Å². The van der Waals surface area contributed by atoms with E-state index in [1.165, 1.54) is 24.8 Å². The van der Waals surface area contributed by atoms with Crippen molar-refractivity contribution in [3.63, 3.8) is 0 Å². The lowest BCUT2D eigenvalue weighted by molar-refractivity contribution is -0.384. The Morgan fingerprint density at radius 1 is 1.27 bits per heavy atom. The van der Waals surface area contributed by atoms with Gasteiger partial charge in [-0.1, -0.05) is 12.1 Å². The van der Waals surface area contributed by atoms with E-state index in [1.54, 1.807) is 18.5 Å². The van der Waals surface area contributed by atoms with Crippen LogP contribution in [0.25, 0.3) is 0 Å². The van der Waals surface area contributed by atoms with Crippen molar-refractivity contribution in [2.24, 2.45) is 4.99 Å². The second-order valence-corrected chi connectivity index (χ2v) is 4.69. The van der Waals surface area contributed by atoms with Gasteiger partial charge >= 0.3 is 0 Å². The smallest absolute Gasteiger partial charge is 0.269 e. The number of hydrogen-bond donors (Lipinski definition) is 0. The maximum Gasteiger partial charge on any atom is 0.269 e. The molecule has 1 atom stereocenters. The van der Waals surface area contributed by atoms with Crippen LogP contribution in [0.4, 0.5) is 5.69 Å². The molecule has 0 fully saturated rings. The third-order valence-electron chi connectivity index (χ3n) is 3.30. The summed E-state index contributed by atoms with van der Waals surface area (Å²) in [5, 5.41) is 11.0. The minimum absolute atomic E-state index is 0.0375. The highest BCUT2D eigenvalue weighted by Gasteiger charge is 2.27. The Bertz CT molecular complexity index is 759. The van der Waals surface area contributed by atoms with Crippen LogP contribution in [0, 0.1) is 10.1 Å². The van der Waals surface area contributed by atoms with E-state index >= 15 is 0 Å². The molecule has 110 valence electrons. The number of benzene rings is 1. The highest BCUT2D eigenvalue weighted by Crippen LogP contribution is 2.28. The first-order valence-electron chi connectivity index (χ1n) is 6.50. The van der Waals surface area contributed by atoms with Crippen molar-refractivity contribution in [2.75, 3.05) is 7.05 Å². The third kappa shape index (κ3) is 2.53. The molecule has 0 N–H and O–H groups in total. The van der Waals surface area contributed by atoms with Crippen molar-refractivity contribution < 1.29 is 4.92 Å². The molecular formula is C14H12N6O2. The second kappa shape index (κ2) is 5.68. The van der Waals surface area contributed by atoms with Crippen molar-refractivity contribution in [1.29, 1.82) is 0 Å². The predicted molar refractivity (Wildman–Crippen MR) is 79.1 cm³/mol. The molecule has 1 aromatic carbocycles. The molecular weight excluding hydrogens is 284 g/mol. The number of nitro benzene ring substituents is 1. The van der Waals surface area contributed by atoms with E-state index in [0.29, 0.717) is 11.5 Å². The van der Waals surface area contributed by atoms with Crippen LogP contribution < -0.4 is 0 Å². The van der Waals surface area contributed by atoms with Gasteiger partial charge in [0.15, 0.2) is 5.82 Å². The van der Waals surface area contributed by atoms with E-state index < -0.39 is 4.92 Å². The number of aromatic nitrogens is 3. The van der Waals surface area contributed by atoms with Crippen molar-refractivity contribution in [3.05, 3.63) is 70.8 Å². The van der Waals surface area contributed by atoms with Gasteiger partial charge in [-0.2, -0.15) is 0 Å². The fraction of sp³-hybridized carbons (Fsp3) is 0.143. The largest absolute Gasteiger partial charge is 0.366 e. The zero-order valence-corrected chi connectivity index (χ0v) is 11.7. The molecule has 1 aromatic heterocycles. The summed E-state index contributed by atoms with van der Waals surface area (Å²) in [6.45, 7) is 0. The Kier molecular flexibility index (Phi) is 3.57. The summed E-state index contributed by atoms with van der Waals surface area (Å²) >= 11 is 0. The summed E-state index contributed by atoms with van der Waals surface area (Å²) in [5.74, 6) is 0.447. The standard InChI is InChI=1S/C14H12N6O2/c1-19-6-5-16-12(14-17-8-15-9-18-14)13(19)10-3-2-4-11(7-10)20(21)22/h2-9,13H,1H3. The van der Waals surface area contributed by atoms with Gasteiger partial charge in [-0.25, -0.2) is 15.0 Å². The lowest BCUT2D eigenvalue weighted by atomic mass is 9.99. The Morgan fingerprint density at radius 2 is 2.05 bits per heavy atom. The minimum Gasteiger partial charge on any atom is -0.366 e. The molecule has 0 bridgehead atoms. The van der Waals surface area contributed by atoms with E-state index in [2.05, 4.69) is 19.9 Å². The number of aliphatic imine (C=N–C) groups is 1. The van der Waals surface area contributed by atoms with Crippen LogP contribution in [0.5, 0.6) is 0 Å². The summed E-state index contributed by atoms with van der Waals surface area (Å²) in [5.41, 5.74) is 1.41. The molecule has 1 aliphatic rings. The summed E-state index contributed by atoms with van der Waals surface area (Å²) in [6, 6.07) is 6.18. The average molecular weight is 296 g/mol. The molecule has 0 radical (unpaired) electrons. The maximum absolute atomic E-state index is 11.0. The van der Waals surface area contributed by atoms with Gasteiger partial charge < -0.3 is 4.90 Å². The Morgan fingerprint density at radius 3 is 2.77 bits per heavy atom. The van der Waals surface area contributed by atoms with Crippen LogP contribution in [0.1, 0.15) is 17.4 Å². The van der Waals surface area contributed by atoms with Gasteiger partial charge in [-0.3, -0.25) is 15.1 Å². The fourth-order valence-corrected chi connectivity index (χ4v) is 2.32. The van der Waals surface area contributed by atoms with Crippen molar-refractivity contribution >= 4 is 11.4 Å². The minimum atomic E-state index is -0.415. The average Bonchev–Trinajstić information content (AvgIpc) is 2.55. The zero-order valence-electron chi connectivity index (χ0n) is 11.7. The lowest BCUT2D eigenvalue weighted by Crippen LogP contribution is -2.31. The molecule has 0 spiro atoms. The molecule has 0 aliphatic carbocycles. The highest BCUT2D eigenvalue weighted by molar-refractivity contribution is 6.02. The van der Waals surface area contributed by atoms with Gasteiger partial charge in [-0.05, 0) is 5.56 Å². The topological polar surface area (TPSA) is 97.4 Å². The molecule has 8 nitrogen and oxygen atoms in total. The van der Waals surface area contributed by atoms with Crippen molar-refractivity contribution in [2.45, 2.75) is 6.04 Å². The number of likely N-dealkylation sites (N-methyl/N-ethyl adjacent to an activating group) is 1. The van der Waals surface area contributed by atoms with Crippen molar-refractivity contribution in [1.82, 2.24) is 19.9 Å². The summed E-state index contributed by atoms with van der Waals surface area (Å²) in [6.07, 6.45) is 6.24. The SMILES string of the molecule is CN1C=CN=C(c2ncncn2)C1c1cccc([N+](=O)[O-])c1. The van der Waals surface area contributed by atoms with Crippen LogP contribution in [-0.4, -0.2) is 37.5 Å². The molecule has 3 rings (SSSR count). The van der Waals surface area contributed by atoms with Crippen molar-refractivity contribution in [3.8, 4) is 0 Å². The zero-order chi connectivity index (χ0) is 15.5. The van der Waals surface area contributed by atoms with Crippen LogP contribution in [0.2, 0.25) is 0 Å². The first-order valence-corrected chi connectivity index (χ1v) is 6.50. The Hall–Kier alpha value is -3.16.